The van der Waals surface area contributed by atoms with Crippen LogP contribution in [0, 0.1) is 6.92 Å². The minimum atomic E-state index is -4.79. The summed E-state index contributed by atoms with van der Waals surface area (Å²) in [6.07, 6.45) is -4.79. The molecule has 2 N–H and O–H groups in total. The molecule has 0 spiro atoms. The molecule has 0 saturated carbocycles. The minimum Gasteiger partial charge on any atom is -0.438 e. The molecule has 0 radical (unpaired) electrons. The zero-order valence-corrected chi connectivity index (χ0v) is 22.9. The lowest BCUT2D eigenvalue weighted by Crippen LogP contribution is -2.31. The fraction of sp³-hybridized carbons (Fsp3) is 0.250. The average molecular weight is 627 g/mol. The van der Waals surface area contributed by atoms with E-state index in [2.05, 4.69) is 47.0 Å². The third-order valence-corrected chi connectivity index (χ3v) is 5.98. The monoisotopic (exact) mass is 625 g/mol. The second-order valence-electron chi connectivity index (χ2n) is 8.63. The number of nitrogens with zero attached hydrogens (tertiary/aromatic N) is 5. The lowest BCUT2D eigenvalue weighted by Gasteiger charge is -2.16. The van der Waals surface area contributed by atoms with Crippen LogP contribution in [0.1, 0.15) is 52.0 Å². The van der Waals surface area contributed by atoms with Gasteiger partial charge in [0.25, 0.3) is 17.6 Å². The van der Waals surface area contributed by atoms with Crippen LogP contribution in [0.5, 0.6) is 0 Å². The highest BCUT2D eigenvalue weighted by Gasteiger charge is 2.37. The lowest BCUT2D eigenvalue weighted by atomic mass is 10.1. The van der Waals surface area contributed by atoms with Crippen LogP contribution in [0.15, 0.2) is 45.3 Å². The summed E-state index contributed by atoms with van der Waals surface area (Å²) in [5.41, 5.74) is 1.13. The summed E-state index contributed by atoms with van der Waals surface area (Å²) < 4.78 is 45.1. The predicted octanol–water partition coefficient (Wildman–Crippen LogP) is 5.51. The smallest absolute Gasteiger partial charge is 0.438 e. The standard InChI is InChI=1S/C24H20BrClF3N7O3/c1-11(2)30-21(37)15-9-13(25)8-12(3)18(15)32-22(38)19-20(14-6-4-5-7-16(14)26)39-17(31-19)10-36-34-23(33-35-36)24(27,28)29/h4-9,11H,10H2,1-3H3,(H,30,37)(H,32,38). The number of hydrogen-bond donors (Lipinski definition) is 2. The highest BCUT2D eigenvalue weighted by atomic mass is 79.9. The van der Waals surface area contributed by atoms with Gasteiger partial charge in [-0.3, -0.25) is 9.59 Å². The molecule has 0 aliphatic rings. The van der Waals surface area contributed by atoms with Crippen molar-refractivity contribution in [2.75, 3.05) is 5.32 Å². The molecule has 0 atom stereocenters. The number of aryl methyl sites for hydroxylation is 1. The van der Waals surface area contributed by atoms with Crippen molar-refractivity contribution in [3.8, 4) is 11.3 Å². The molecule has 10 nitrogen and oxygen atoms in total. The van der Waals surface area contributed by atoms with Gasteiger partial charge in [-0.15, -0.1) is 10.2 Å². The molecule has 0 saturated heterocycles. The van der Waals surface area contributed by atoms with Crippen molar-refractivity contribution >= 4 is 45.0 Å². The number of oxazole rings is 1. The number of carbonyl (C=O) groups excluding carboxylic acids is 2. The number of alkyl halides is 3. The van der Waals surface area contributed by atoms with E-state index in [-0.39, 0.29) is 39.7 Å². The SMILES string of the molecule is Cc1cc(Br)cc(C(=O)NC(C)C)c1NC(=O)c1nc(Cn2nnc(C(F)(F)F)n2)oc1-c1ccccc1Cl. The maximum atomic E-state index is 13.5. The maximum absolute atomic E-state index is 13.5. The molecule has 0 unspecified atom stereocenters. The molecule has 0 fully saturated rings. The second kappa shape index (κ2) is 11.1. The summed E-state index contributed by atoms with van der Waals surface area (Å²) in [6, 6.07) is 9.62. The lowest BCUT2D eigenvalue weighted by molar-refractivity contribution is -0.145. The molecule has 0 bridgehead atoms. The first-order chi connectivity index (χ1) is 18.3. The van der Waals surface area contributed by atoms with Gasteiger partial charge in [-0.25, -0.2) is 4.98 Å². The van der Waals surface area contributed by atoms with Crippen LogP contribution in [0.4, 0.5) is 18.9 Å². The van der Waals surface area contributed by atoms with Crippen LogP contribution >= 0.6 is 27.5 Å². The van der Waals surface area contributed by atoms with E-state index in [0.717, 1.165) is 0 Å². The fourth-order valence-corrected chi connectivity index (χ4v) is 4.35. The van der Waals surface area contributed by atoms with Gasteiger partial charge in [0, 0.05) is 16.1 Å². The molecule has 0 aliphatic heterocycles. The molecule has 15 heteroatoms. The highest BCUT2D eigenvalue weighted by Crippen LogP contribution is 2.33. The number of aromatic nitrogens is 5. The van der Waals surface area contributed by atoms with Crippen molar-refractivity contribution in [1.82, 2.24) is 30.5 Å². The Morgan fingerprint density at radius 2 is 1.90 bits per heavy atom. The molecular weight excluding hydrogens is 607 g/mol. The quantitative estimate of drug-likeness (QED) is 0.277. The van der Waals surface area contributed by atoms with Crippen molar-refractivity contribution < 1.29 is 27.2 Å². The second-order valence-corrected chi connectivity index (χ2v) is 9.96. The summed E-state index contributed by atoms with van der Waals surface area (Å²) in [5.74, 6) is -2.80. The number of tetrazole rings is 1. The number of carbonyl (C=O) groups is 2. The van der Waals surface area contributed by atoms with E-state index in [4.69, 9.17) is 16.0 Å². The van der Waals surface area contributed by atoms with Gasteiger partial charge in [-0.05, 0) is 55.8 Å². The zero-order chi connectivity index (χ0) is 28.5. The summed E-state index contributed by atoms with van der Waals surface area (Å²) in [6.45, 7) is 4.86. The number of anilines is 1. The number of hydrogen-bond acceptors (Lipinski definition) is 7. The molecular formula is C24H20BrClF3N7O3. The number of amides is 2. The van der Waals surface area contributed by atoms with Gasteiger partial charge in [0.2, 0.25) is 5.89 Å². The van der Waals surface area contributed by atoms with Crippen molar-refractivity contribution in [1.29, 1.82) is 0 Å². The van der Waals surface area contributed by atoms with Crippen LogP contribution in [-0.4, -0.2) is 43.0 Å². The zero-order valence-electron chi connectivity index (χ0n) is 20.6. The third kappa shape index (κ3) is 6.45. The van der Waals surface area contributed by atoms with Gasteiger partial charge in [0.05, 0.1) is 16.3 Å². The van der Waals surface area contributed by atoms with Crippen molar-refractivity contribution in [3.05, 3.63) is 74.4 Å². The summed E-state index contributed by atoms with van der Waals surface area (Å²) in [4.78, 5) is 31.3. The van der Waals surface area contributed by atoms with Crippen molar-refractivity contribution in [3.63, 3.8) is 0 Å². The Bertz CT molecular complexity index is 1550. The first-order valence-electron chi connectivity index (χ1n) is 11.4. The van der Waals surface area contributed by atoms with Crippen LogP contribution in [-0.2, 0) is 12.7 Å². The van der Waals surface area contributed by atoms with Crippen LogP contribution in [0.2, 0.25) is 5.02 Å². The van der Waals surface area contributed by atoms with E-state index in [0.29, 0.717) is 20.4 Å². The Hall–Kier alpha value is -3.78. The van der Waals surface area contributed by atoms with Crippen LogP contribution in [0.3, 0.4) is 0 Å². The topological polar surface area (TPSA) is 128 Å². The normalized spacial score (nSPS) is 11.6. The molecule has 2 amide bonds. The van der Waals surface area contributed by atoms with Gasteiger partial charge in [0.1, 0.15) is 6.54 Å². The Balaban J connectivity index is 1.74. The van der Waals surface area contributed by atoms with Crippen LogP contribution < -0.4 is 10.6 Å². The number of halogens is 5. The molecule has 204 valence electrons. The molecule has 2 heterocycles. The Morgan fingerprint density at radius 1 is 1.18 bits per heavy atom. The van der Waals surface area contributed by atoms with Gasteiger partial charge >= 0.3 is 6.18 Å². The first kappa shape index (κ1) is 28.2. The number of benzene rings is 2. The molecule has 2 aromatic carbocycles. The largest absolute Gasteiger partial charge is 0.455 e. The Morgan fingerprint density at radius 3 is 2.54 bits per heavy atom. The van der Waals surface area contributed by atoms with E-state index < -0.39 is 30.4 Å². The fourth-order valence-electron chi connectivity index (χ4n) is 3.56. The van der Waals surface area contributed by atoms with Gasteiger partial charge in [-0.2, -0.15) is 18.0 Å². The predicted molar refractivity (Wildman–Crippen MR) is 138 cm³/mol. The van der Waals surface area contributed by atoms with E-state index in [1.807, 2.05) is 0 Å². The number of rotatable bonds is 7. The molecule has 0 aliphatic carbocycles. The van der Waals surface area contributed by atoms with Gasteiger partial charge < -0.3 is 15.1 Å². The van der Waals surface area contributed by atoms with Crippen molar-refractivity contribution in [2.24, 2.45) is 0 Å². The molecule has 4 aromatic rings. The molecule has 39 heavy (non-hydrogen) atoms. The van der Waals surface area contributed by atoms with Crippen molar-refractivity contribution in [2.45, 2.75) is 39.5 Å². The van der Waals surface area contributed by atoms with Gasteiger partial charge in [0.15, 0.2) is 11.5 Å². The van der Waals surface area contributed by atoms with E-state index in [1.165, 1.54) is 0 Å². The van der Waals surface area contributed by atoms with E-state index in [9.17, 15) is 22.8 Å². The summed E-state index contributed by atoms with van der Waals surface area (Å²) in [7, 11) is 0. The third-order valence-electron chi connectivity index (χ3n) is 5.19. The average Bonchev–Trinajstić information content (AvgIpc) is 3.48. The minimum absolute atomic E-state index is 0.0350. The first-order valence-corrected chi connectivity index (χ1v) is 12.5. The van der Waals surface area contributed by atoms with E-state index in [1.54, 1.807) is 57.2 Å². The summed E-state index contributed by atoms with van der Waals surface area (Å²) in [5, 5.41) is 15.4. The van der Waals surface area contributed by atoms with Gasteiger partial charge in [-0.1, -0.05) is 39.7 Å². The Labute approximate surface area is 233 Å². The Kier molecular flexibility index (Phi) is 8.07. The highest BCUT2D eigenvalue weighted by molar-refractivity contribution is 9.10. The summed E-state index contributed by atoms with van der Waals surface area (Å²) >= 11 is 9.70. The maximum Gasteiger partial charge on any atom is 0.455 e. The van der Waals surface area contributed by atoms with Crippen LogP contribution in [0.25, 0.3) is 11.3 Å². The molecule has 2 aromatic heterocycles. The molecule has 4 rings (SSSR count). The number of nitrogens with one attached hydrogen (secondary N) is 2. The van der Waals surface area contributed by atoms with E-state index >= 15 is 0 Å².